The fourth-order valence-corrected chi connectivity index (χ4v) is 3.69. The summed E-state index contributed by atoms with van der Waals surface area (Å²) in [5, 5.41) is 13.2. The summed E-state index contributed by atoms with van der Waals surface area (Å²) in [7, 11) is 0. The molecular weight excluding hydrogens is 354 g/mol. The first-order valence-electron chi connectivity index (χ1n) is 9.00. The van der Waals surface area contributed by atoms with Gasteiger partial charge in [-0.3, -0.25) is 4.79 Å². The molecule has 0 unspecified atom stereocenters. The Morgan fingerprint density at radius 3 is 2.69 bits per heavy atom. The molecule has 26 heavy (non-hydrogen) atoms. The number of carbonyl (C=O) groups is 2. The zero-order valence-corrected chi connectivity index (χ0v) is 16.9. The van der Waals surface area contributed by atoms with Gasteiger partial charge >= 0.3 is 5.97 Å². The van der Waals surface area contributed by atoms with Crippen LogP contribution in [0, 0.1) is 0 Å². The van der Waals surface area contributed by atoms with Crippen LogP contribution in [0.2, 0.25) is 0 Å². The molecule has 0 aromatic heterocycles. The van der Waals surface area contributed by atoms with Gasteiger partial charge in [-0.2, -0.15) is 0 Å². The molecule has 2 N–H and O–H groups in total. The Balaban J connectivity index is 0.000000597. The number of aliphatic hydroxyl groups is 1. The Hall–Kier alpha value is -1.31. The van der Waals surface area contributed by atoms with Crippen LogP contribution in [0.3, 0.4) is 0 Å². The normalized spacial score (nSPS) is 30.5. The van der Waals surface area contributed by atoms with Gasteiger partial charge in [-0.1, -0.05) is 36.8 Å². The van der Waals surface area contributed by atoms with Crippen molar-refractivity contribution in [2.75, 3.05) is 5.75 Å². The van der Waals surface area contributed by atoms with Gasteiger partial charge in [-0.05, 0) is 27.2 Å². The molecule has 2 heterocycles. The third-order valence-corrected chi connectivity index (χ3v) is 4.80. The standard InChI is InChI=1S/C14H21NO5S.C5H10/c1-8(2)4-12(16)19-10-5-9(3)20-14(18,6-10)11-7-21-13(17)15-11;1-3-5-4-2/h4,9-11,18H,5-7H2,1-3H3,(H,15,17);3H,1,4-5H2,2H3/t9-,10-,11+,14-;/m1./s1. The van der Waals surface area contributed by atoms with E-state index in [2.05, 4.69) is 18.8 Å². The monoisotopic (exact) mass is 385 g/mol. The second-order valence-electron chi connectivity index (χ2n) is 6.87. The van der Waals surface area contributed by atoms with Crippen molar-refractivity contribution < 1.29 is 24.2 Å². The number of rotatable bonds is 5. The Morgan fingerprint density at radius 1 is 1.54 bits per heavy atom. The molecule has 0 radical (unpaired) electrons. The summed E-state index contributed by atoms with van der Waals surface area (Å²) < 4.78 is 11.0. The molecule has 0 aromatic rings. The van der Waals surface area contributed by atoms with Gasteiger partial charge in [0.25, 0.3) is 5.24 Å². The van der Waals surface area contributed by atoms with Gasteiger partial charge in [0.2, 0.25) is 0 Å². The number of thioether (sulfide) groups is 1. The lowest BCUT2D eigenvalue weighted by atomic mass is 9.94. The molecule has 0 bridgehead atoms. The zero-order valence-electron chi connectivity index (χ0n) is 16.1. The first-order chi connectivity index (χ1) is 12.2. The third kappa shape index (κ3) is 7.51. The lowest BCUT2D eigenvalue weighted by Gasteiger charge is -2.42. The maximum absolute atomic E-state index is 11.7. The summed E-state index contributed by atoms with van der Waals surface area (Å²) in [6.07, 6.45) is 5.74. The Morgan fingerprint density at radius 2 is 2.23 bits per heavy atom. The van der Waals surface area contributed by atoms with Crippen LogP contribution in [-0.2, 0) is 14.3 Å². The molecular formula is C19H31NO5S. The van der Waals surface area contributed by atoms with Crippen LogP contribution >= 0.6 is 11.8 Å². The van der Waals surface area contributed by atoms with Crippen molar-refractivity contribution in [3.8, 4) is 0 Å². The maximum atomic E-state index is 11.7. The van der Waals surface area contributed by atoms with Gasteiger partial charge in [0.15, 0.2) is 5.79 Å². The maximum Gasteiger partial charge on any atom is 0.330 e. The number of unbranched alkanes of at least 4 members (excludes halogenated alkanes) is 1. The average Bonchev–Trinajstić information content (AvgIpc) is 2.94. The predicted molar refractivity (Wildman–Crippen MR) is 104 cm³/mol. The summed E-state index contributed by atoms with van der Waals surface area (Å²) in [4.78, 5) is 23.0. The number of allylic oxidation sites excluding steroid dienone is 2. The zero-order chi connectivity index (χ0) is 19.7. The summed E-state index contributed by atoms with van der Waals surface area (Å²) in [5.41, 5.74) is 0.856. The number of carbonyl (C=O) groups excluding carboxylic acids is 2. The molecule has 2 aliphatic rings. The van der Waals surface area contributed by atoms with Crippen molar-refractivity contribution in [2.24, 2.45) is 0 Å². The minimum absolute atomic E-state index is 0.158. The highest BCUT2D eigenvalue weighted by Gasteiger charge is 2.48. The van der Waals surface area contributed by atoms with Gasteiger partial charge in [0.05, 0.1) is 12.1 Å². The topological polar surface area (TPSA) is 84.9 Å². The number of hydrogen-bond donors (Lipinski definition) is 2. The molecule has 0 saturated carbocycles. The van der Waals surface area contributed by atoms with Crippen LogP contribution in [0.5, 0.6) is 0 Å². The minimum atomic E-state index is -1.49. The number of hydrogen-bond acceptors (Lipinski definition) is 6. The average molecular weight is 386 g/mol. The highest BCUT2D eigenvalue weighted by Crippen LogP contribution is 2.34. The smallest absolute Gasteiger partial charge is 0.330 e. The van der Waals surface area contributed by atoms with E-state index in [9.17, 15) is 14.7 Å². The Bertz CT molecular complexity index is 532. The number of nitrogens with one attached hydrogen (secondary N) is 1. The van der Waals surface area contributed by atoms with Gasteiger partial charge < -0.3 is 19.9 Å². The van der Waals surface area contributed by atoms with E-state index in [0.717, 1.165) is 23.8 Å². The molecule has 2 saturated heterocycles. The third-order valence-electron chi connectivity index (χ3n) is 3.92. The molecule has 4 atom stereocenters. The molecule has 2 rings (SSSR count). The van der Waals surface area contributed by atoms with E-state index in [1.54, 1.807) is 0 Å². The first kappa shape index (κ1) is 22.7. The molecule has 0 aromatic carbocycles. The molecule has 2 aliphatic heterocycles. The molecule has 0 spiro atoms. The van der Waals surface area contributed by atoms with Crippen molar-refractivity contribution in [3.63, 3.8) is 0 Å². The predicted octanol–water partition coefficient (Wildman–Crippen LogP) is 3.55. The van der Waals surface area contributed by atoms with Crippen molar-refractivity contribution >= 4 is 23.0 Å². The van der Waals surface area contributed by atoms with E-state index < -0.39 is 23.9 Å². The largest absolute Gasteiger partial charge is 0.459 e. The quantitative estimate of drug-likeness (QED) is 0.428. The Kier molecular flexibility index (Phi) is 9.39. The fourth-order valence-electron chi connectivity index (χ4n) is 2.80. The van der Waals surface area contributed by atoms with E-state index in [0.29, 0.717) is 12.2 Å². The van der Waals surface area contributed by atoms with Crippen LogP contribution in [0.1, 0.15) is 53.4 Å². The van der Waals surface area contributed by atoms with Gasteiger partial charge in [0, 0.05) is 24.7 Å². The number of amides is 1. The van der Waals surface area contributed by atoms with Crippen molar-refractivity contribution in [1.82, 2.24) is 5.32 Å². The minimum Gasteiger partial charge on any atom is -0.459 e. The second-order valence-corrected chi connectivity index (χ2v) is 7.86. The highest BCUT2D eigenvalue weighted by atomic mass is 32.2. The molecule has 6 nitrogen and oxygen atoms in total. The summed E-state index contributed by atoms with van der Waals surface area (Å²) in [6.45, 7) is 11.1. The van der Waals surface area contributed by atoms with E-state index >= 15 is 0 Å². The van der Waals surface area contributed by atoms with E-state index in [-0.39, 0.29) is 17.8 Å². The fraction of sp³-hybridized carbons (Fsp3) is 0.684. The van der Waals surface area contributed by atoms with Crippen LogP contribution in [0.15, 0.2) is 24.3 Å². The first-order valence-corrected chi connectivity index (χ1v) is 9.98. The lowest BCUT2D eigenvalue weighted by Crippen LogP contribution is -2.58. The molecule has 1 amide bonds. The number of esters is 1. The lowest BCUT2D eigenvalue weighted by molar-refractivity contribution is -0.278. The van der Waals surface area contributed by atoms with Gasteiger partial charge in [-0.15, -0.1) is 6.58 Å². The molecule has 2 fully saturated rings. The highest BCUT2D eigenvalue weighted by molar-refractivity contribution is 8.14. The van der Waals surface area contributed by atoms with Crippen LogP contribution in [-0.4, -0.2) is 46.1 Å². The molecule has 148 valence electrons. The van der Waals surface area contributed by atoms with E-state index in [1.165, 1.54) is 12.5 Å². The second kappa shape index (κ2) is 10.7. The van der Waals surface area contributed by atoms with Crippen molar-refractivity contribution in [1.29, 1.82) is 0 Å². The van der Waals surface area contributed by atoms with Crippen LogP contribution in [0.4, 0.5) is 4.79 Å². The summed E-state index contributed by atoms with van der Waals surface area (Å²) in [6, 6.07) is -0.484. The van der Waals surface area contributed by atoms with Crippen molar-refractivity contribution in [3.05, 3.63) is 24.3 Å². The Labute approximate surface area is 160 Å². The summed E-state index contributed by atoms with van der Waals surface area (Å²) in [5.74, 6) is -1.47. The SMILES string of the molecule is C=CCCC.CC(C)=CC(=O)O[C@@H]1C[C@@H](C)O[C@@](O)([C@@H]2CSC(=O)N2)C1. The van der Waals surface area contributed by atoms with Gasteiger partial charge in [-0.25, -0.2) is 4.79 Å². The van der Waals surface area contributed by atoms with Crippen LogP contribution in [0.25, 0.3) is 0 Å². The summed E-state index contributed by atoms with van der Waals surface area (Å²) >= 11 is 1.12. The van der Waals surface area contributed by atoms with Crippen molar-refractivity contribution in [2.45, 2.75) is 77.4 Å². The van der Waals surface area contributed by atoms with E-state index in [4.69, 9.17) is 9.47 Å². The van der Waals surface area contributed by atoms with E-state index in [1.807, 2.05) is 26.8 Å². The van der Waals surface area contributed by atoms with Crippen LogP contribution < -0.4 is 5.32 Å². The molecule has 7 heteroatoms. The van der Waals surface area contributed by atoms with Gasteiger partial charge in [0.1, 0.15) is 6.10 Å². The molecule has 0 aliphatic carbocycles. The number of ether oxygens (including phenoxy) is 2.